The van der Waals surface area contributed by atoms with Crippen molar-refractivity contribution in [1.82, 2.24) is 0 Å². The molecule has 0 heterocycles. The molecule has 3 rings (SSSR count). The second-order valence-electron chi connectivity index (χ2n) is 5.83. The molecule has 1 aromatic rings. The van der Waals surface area contributed by atoms with Crippen LogP contribution in [-0.2, 0) is 19.3 Å². The predicted molar refractivity (Wildman–Crippen MR) is 75.1 cm³/mol. The summed E-state index contributed by atoms with van der Waals surface area (Å²) >= 11 is 3.55. The molecule has 18 heavy (non-hydrogen) atoms. The largest absolute Gasteiger partial charge is 0.506 e. The number of hydrogen-bond donors (Lipinski definition) is 2. The zero-order valence-electron chi connectivity index (χ0n) is 10.7. The molecule has 2 aliphatic rings. The van der Waals surface area contributed by atoms with Crippen molar-refractivity contribution in [2.45, 2.75) is 57.5 Å². The molecule has 2 N–H and O–H groups in total. The van der Waals surface area contributed by atoms with Gasteiger partial charge in [0.25, 0.3) is 0 Å². The average Bonchev–Trinajstić information content (AvgIpc) is 3.10. The highest BCUT2D eigenvalue weighted by Gasteiger charge is 2.41. The molecule has 98 valence electrons. The molecule has 0 bridgehead atoms. The van der Waals surface area contributed by atoms with Crippen LogP contribution in [0.3, 0.4) is 0 Å². The van der Waals surface area contributed by atoms with Crippen LogP contribution in [0, 0.1) is 6.92 Å². The molecule has 0 aliphatic heterocycles. The molecule has 0 aromatic heterocycles. The van der Waals surface area contributed by atoms with Gasteiger partial charge in [-0.2, -0.15) is 0 Å². The van der Waals surface area contributed by atoms with E-state index in [0.29, 0.717) is 12.2 Å². The Labute approximate surface area is 116 Å². The monoisotopic (exact) mass is 310 g/mol. The summed E-state index contributed by atoms with van der Waals surface area (Å²) in [5.74, 6) is 0.355. The van der Waals surface area contributed by atoms with Gasteiger partial charge in [0.15, 0.2) is 0 Å². The first kappa shape index (κ1) is 12.5. The third kappa shape index (κ3) is 1.97. The maximum absolute atomic E-state index is 10.4. The van der Waals surface area contributed by atoms with E-state index in [9.17, 15) is 10.2 Å². The third-order valence-corrected chi connectivity index (χ3v) is 5.32. The van der Waals surface area contributed by atoms with Gasteiger partial charge in [-0.25, -0.2) is 0 Å². The van der Waals surface area contributed by atoms with Crippen molar-refractivity contribution < 1.29 is 10.2 Å². The number of phenolic OH excluding ortho intramolecular Hbond substituents is 1. The van der Waals surface area contributed by atoms with Crippen molar-refractivity contribution in [3.63, 3.8) is 0 Å². The summed E-state index contributed by atoms with van der Waals surface area (Å²) in [6, 6.07) is 0. The smallest absolute Gasteiger partial charge is 0.133 e. The summed E-state index contributed by atoms with van der Waals surface area (Å²) < 4.78 is 0.863. The molecule has 2 aliphatic carbocycles. The van der Waals surface area contributed by atoms with E-state index in [4.69, 9.17) is 0 Å². The van der Waals surface area contributed by atoms with E-state index in [1.807, 2.05) is 0 Å². The van der Waals surface area contributed by atoms with Crippen LogP contribution in [0.25, 0.3) is 0 Å². The highest BCUT2D eigenvalue weighted by atomic mass is 79.9. The Morgan fingerprint density at radius 1 is 1.17 bits per heavy atom. The third-order valence-electron chi connectivity index (χ3n) is 4.46. The minimum atomic E-state index is -0.551. The van der Waals surface area contributed by atoms with Crippen molar-refractivity contribution in [3.05, 3.63) is 26.7 Å². The van der Waals surface area contributed by atoms with Gasteiger partial charge in [0.05, 0.1) is 10.1 Å². The number of benzene rings is 1. The van der Waals surface area contributed by atoms with Gasteiger partial charge < -0.3 is 10.2 Å². The van der Waals surface area contributed by atoms with E-state index >= 15 is 0 Å². The van der Waals surface area contributed by atoms with Gasteiger partial charge in [-0.05, 0) is 78.1 Å². The summed E-state index contributed by atoms with van der Waals surface area (Å²) in [4.78, 5) is 0. The van der Waals surface area contributed by atoms with Crippen molar-refractivity contribution in [1.29, 1.82) is 0 Å². The highest BCUT2D eigenvalue weighted by molar-refractivity contribution is 9.10. The molecule has 3 heteroatoms. The van der Waals surface area contributed by atoms with Gasteiger partial charge in [0.2, 0.25) is 0 Å². The standard InChI is InChI=1S/C15H19BrO2/c1-9-10-4-2-3-5-11(10)13(16)14(17)12(9)8-15(18)6-7-15/h17-18H,2-8H2,1H3. The van der Waals surface area contributed by atoms with E-state index in [2.05, 4.69) is 22.9 Å². The summed E-state index contributed by atoms with van der Waals surface area (Å²) in [6.45, 7) is 2.09. The van der Waals surface area contributed by atoms with Crippen molar-refractivity contribution in [2.75, 3.05) is 0 Å². The van der Waals surface area contributed by atoms with Crippen LogP contribution in [-0.4, -0.2) is 15.8 Å². The fraction of sp³-hybridized carbons (Fsp3) is 0.600. The normalized spacial score (nSPS) is 20.6. The SMILES string of the molecule is Cc1c(CC2(O)CC2)c(O)c(Br)c2c1CCCC2. The molecule has 0 radical (unpaired) electrons. The van der Waals surface area contributed by atoms with Crippen molar-refractivity contribution in [3.8, 4) is 5.75 Å². The van der Waals surface area contributed by atoms with Crippen LogP contribution in [0.15, 0.2) is 4.47 Å². The number of aromatic hydroxyl groups is 1. The van der Waals surface area contributed by atoms with Crippen molar-refractivity contribution >= 4 is 15.9 Å². The number of halogens is 1. The molecule has 0 atom stereocenters. The van der Waals surface area contributed by atoms with Gasteiger partial charge in [0, 0.05) is 12.0 Å². The Morgan fingerprint density at radius 2 is 1.78 bits per heavy atom. The van der Waals surface area contributed by atoms with Crippen LogP contribution in [0.1, 0.15) is 47.9 Å². The fourth-order valence-electron chi connectivity index (χ4n) is 3.06. The second kappa shape index (κ2) is 4.24. The number of fused-ring (bicyclic) bond motifs is 1. The van der Waals surface area contributed by atoms with Gasteiger partial charge in [-0.3, -0.25) is 0 Å². The molecule has 0 spiro atoms. The number of hydrogen-bond acceptors (Lipinski definition) is 2. The predicted octanol–water partition coefficient (Wildman–Crippen LogP) is 3.41. The van der Waals surface area contributed by atoms with E-state index in [1.165, 1.54) is 29.5 Å². The second-order valence-corrected chi connectivity index (χ2v) is 6.62. The summed E-state index contributed by atoms with van der Waals surface area (Å²) in [5, 5.41) is 20.5. The van der Waals surface area contributed by atoms with Crippen LogP contribution in [0.5, 0.6) is 5.75 Å². The average molecular weight is 311 g/mol. The van der Waals surface area contributed by atoms with Crippen LogP contribution in [0.2, 0.25) is 0 Å². The first-order valence-electron chi connectivity index (χ1n) is 6.76. The summed E-state index contributed by atoms with van der Waals surface area (Å²) in [5.41, 5.74) is 4.27. The molecular formula is C15H19BrO2. The molecule has 0 unspecified atom stereocenters. The molecular weight excluding hydrogens is 292 g/mol. The summed E-state index contributed by atoms with van der Waals surface area (Å²) in [6.07, 6.45) is 6.90. The lowest BCUT2D eigenvalue weighted by atomic mass is 9.84. The van der Waals surface area contributed by atoms with Crippen molar-refractivity contribution in [2.24, 2.45) is 0 Å². The van der Waals surface area contributed by atoms with Crippen LogP contribution < -0.4 is 0 Å². The molecule has 1 saturated carbocycles. The molecule has 0 amide bonds. The number of phenols is 1. The van der Waals surface area contributed by atoms with E-state index < -0.39 is 5.60 Å². The molecule has 2 nitrogen and oxygen atoms in total. The topological polar surface area (TPSA) is 40.5 Å². The fourth-order valence-corrected chi connectivity index (χ4v) is 3.74. The highest BCUT2D eigenvalue weighted by Crippen LogP contribution is 2.45. The lowest BCUT2D eigenvalue weighted by molar-refractivity contribution is 0.149. The van der Waals surface area contributed by atoms with Crippen LogP contribution in [0.4, 0.5) is 0 Å². The molecule has 1 fully saturated rings. The maximum atomic E-state index is 10.4. The zero-order chi connectivity index (χ0) is 12.9. The van der Waals surface area contributed by atoms with Gasteiger partial charge in [-0.1, -0.05) is 0 Å². The first-order valence-corrected chi connectivity index (χ1v) is 7.55. The number of aliphatic hydroxyl groups is 1. The molecule has 1 aromatic carbocycles. The Hall–Kier alpha value is -0.540. The Kier molecular flexibility index (Phi) is 2.94. The minimum Gasteiger partial charge on any atom is -0.506 e. The van der Waals surface area contributed by atoms with E-state index in [1.54, 1.807) is 0 Å². The summed E-state index contributed by atoms with van der Waals surface area (Å²) in [7, 11) is 0. The Bertz CT molecular complexity index is 504. The van der Waals surface area contributed by atoms with Gasteiger partial charge in [-0.15, -0.1) is 0 Å². The lowest BCUT2D eigenvalue weighted by Crippen LogP contribution is -2.15. The Morgan fingerprint density at radius 3 is 2.39 bits per heavy atom. The molecule has 0 saturated heterocycles. The van der Waals surface area contributed by atoms with E-state index in [0.717, 1.165) is 35.7 Å². The lowest BCUT2D eigenvalue weighted by Gasteiger charge is -2.24. The van der Waals surface area contributed by atoms with Gasteiger partial charge in [0.1, 0.15) is 5.75 Å². The maximum Gasteiger partial charge on any atom is 0.133 e. The first-order chi connectivity index (χ1) is 8.52. The minimum absolute atomic E-state index is 0.355. The number of rotatable bonds is 2. The Balaban J connectivity index is 2.10. The van der Waals surface area contributed by atoms with Gasteiger partial charge >= 0.3 is 0 Å². The zero-order valence-corrected chi connectivity index (χ0v) is 12.3. The van der Waals surface area contributed by atoms with E-state index in [-0.39, 0.29) is 0 Å². The van der Waals surface area contributed by atoms with Crippen LogP contribution >= 0.6 is 15.9 Å². The quantitative estimate of drug-likeness (QED) is 0.879.